The third-order valence-corrected chi connectivity index (χ3v) is 9.51. The van der Waals surface area contributed by atoms with Gasteiger partial charge in [-0.05, 0) is 90.7 Å². The summed E-state index contributed by atoms with van der Waals surface area (Å²) in [7, 11) is -5.84. The molecule has 0 amide bonds. The van der Waals surface area contributed by atoms with Crippen LogP contribution in [-0.4, -0.2) is 34.7 Å². The second-order valence-corrected chi connectivity index (χ2v) is 12.0. The van der Waals surface area contributed by atoms with Gasteiger partial charge in [-0.1, -0.05) is 37.6 Å². The maximum absolute atomic E-state index is 10.7. The fourth-order valence-electron chi connectivity index (χ4n) is 7.18. The third-order valence-electron chi connectivity index (χ3n) is 8.92. The van der Waals surface area contributed by atoms with E-state index in [9.17, 15) is 18.3 Å². The number of hydrogen-bond acceptors (Lipinski definition) is 4. The van der Waals surface area contributed by atoms with Gasteiger partial charge in [0.2, 0.25) is 0 Å². The van der Waals surface area contributed by atoms with Gasteiger partial charge in [0.05, 0.1) is 6.10 Å². The molecule has 6 atom stereocenters. The lowest BCUT2D eigenvalue weighted by atomic mass is 9.47. The number of aliphatic hydroxyl groups excluding tert-OH is 1. The molecule has 5 rings (SSSR count). The molecule has 2 fully saturated rings. The van der Waals surface area contributed by atoms with Gasteiger partial charge < -0.3 is 5.11 Å². The van der Waals surface area contributed by atoms with Crippen LogP contribution in [0.3, 0.4) is 0 Å². The first-order chi connectivity index (χ1) is 15.8. The summed E-state index contributed by atoms with van der Waals surface area (Å²) in [4.78, 5) is 4.38. The Morgan fingerprint density at radius 3 is 2.35 bits per heavy atom. The average molecular weight is 500 g/mol. The van der Waals surface area contributed by atoms with Gasteiger partial charge >= 0.3 is 15.6 Å². The van der Waals surface area contributed by atoms with E-state index in [1.165, 1.54) is 37.7 Å². The van der Waals surface area contributed by atoms with Crippen molar-refractivity contribution in [2.45, 2.75) is 70.4 Å². The van der Waals surface area contributed by atoms with E-state index in [1.54, 1.807) is 11.1 Å². The lowest BCUT2D eigenvalue weighted by Gasteiger charge is -2.57. The summed E-state index contributed by atoms with van der Waals surface area (Å²) >= 11 is 0. The fraction of sp³-hybridized carbons (Fsp3) is 0.640. The molecule has 188 valence electrons. The highest BCUT2D eigenvalue weighted by molar-refractivity contribution is 7.86. The van der Waals surface area contributed by atoms with Crippen molar-refractivity contribution >= 4 is 15.7 Å². The molecule has 5 nitrogen and oxygen atoms in total. The number of halogens is 3. The Morgan fingerprint density at radius 1 is 1.06 bits per heavy atom. The van der Waals surface area contributed by atoms with Crippen LogP contribution < -0.4 is 0 Å². The highest BCUT2D eigenvalue weighted by atomic mass is 32.2. The molecule has 0 aromatic carbocycles. The molecule has 0 aliphatic heterocycles. The summed E-state index contributed by atoms with van der Waals surface area (Å²) < 4.78 is 57.5. The number of alkyl halides is 3. The average Bonchev–Trinajstić information content (AvgIpc) is 3.11. The number of aromatic nitrogens is 1. The summed E-state index contributed by atoms with van der Waals surface area (Å²) in [5, 5.41) is 10.2. The Bertz CT molecular complexity index is 1090. The first kappa shape index (κ1) is 25.4. The van der Waals surface area contributed by atoms with Gasteiger partial charge in [0.15, 0.2) is 0 Å². The number of pyridine rings is 1. The van der Waals surface area contributed by atoms with E-state index in [2.05, 4.69) is 43.1 Å². The van der Waals surface area contributed by atoms with Gasteiger partial charge in [0.1, 0.15) is 0 Å². The number of rotatable bonds is 1. The molecule has 9 heteroatoms. The molecule has 0 unspecified atom stereocenters. The van der Waals surface area contributed by atoms with Crippen LogP contribution >= 0.6 is 0 Å². The second kappa shape index (κ2) is 8.75. The van der Waals surface area contributed by atoms with Gasteiger partial charge in [-0.25, -0.2) is 0 Å². The largest absolute Gasteiger partial charge is 0.522 e. The van der Waals surface area contributed by atoms with E-state index in [1.807, 2.05) is 12.4 Å². The highest BCUT2D eigenvalue weighted by Crippen LogP contribution is 2.66. The Kier molecular flexibility index (Phi) is 6.53. The molecule has 1 aromatic rings. The SMILES string of the molecule is C[C@]12CC[C@H](O)CC1=CC[C@@H]1[C@@H]2CC[C@]2(C)C(c3cccnc3)=CC[C@@H]12.O=S(=O)(O)C(F)(F)F. The lowest BCUT2D eigenvalue weighted by molar-refractivity contribution is -0.0510. The van der Waals surface area contributed by atoms with Gasteiger partial charge in [-0.15, -0.1) is 0 Å². The maximum Gasteiger partial charge on any atom is 0.522 e. The van der Waals surface area contributed by atoms with E-state index in [4.69, 9.17) is 13.0 Å². The molecule has 0 bridgehead atoms. The van der Waals surface area contributed by atoms with Crippen LogP contribution in [0.1, 0.15) is 64.4 Å². The zero-order chi connectivity index (χ0) is 24.9. The highest BCUT2D eigenvalue weighted by Gasteiger charge is 2.56. The first-order valence-corrected chi connectivity index (χ1v) is 13.2. The van der Waals surface area contributed by atoms with E-state index >= 15 is 0 Å². The number of allylic oxidation sites excluding steroid dienone is 3. The predicted octanol–water partition coefficient (Wildman–Crippen LogP) is 5.79. The number of aliphatic hydroxyl groups is 1. The zero-order valence-corrected chi connectivity index (χ0v) is 20.2. The molecule has 0 saturated heterocycles. The number of fused-ring (bicyclic) bond motifs is 5. The van der Waals surface area contributed by atoms with E-state index in [0.717, 1.165) is 30.6 Å². The van der Waals surface area contributed by atoms with Crippen molar-refractivity contribution in [2.75, 3.05) is 0 Å². The summed E-state index contributed by atoms with van der Waals surface area (Å²) in [6.45, 7) is 5.03. The van der Waals surface area contributed by atoms with Crippen LogP contribution in [0, 0.1) is 28.6 Å². The monoisotopic (exact) mass is 499 g/mol. The smallest absolute Gasteiger partial charge is 0.393 e. The van der Waals surface area contributed by atoms with Gasteiger partial charge in [0.25, 0.3) is 0 Å². The minimum absolute atomic E-state index is 0.106. The van der Waals surface area contributed by atoms with Gasteiger partial charge in [-0.2, -0.15) is 21.6 Å². The van der Waals surface area contributed by atoms with E-state index in [0.29, 0.717) is 10.8 Å². The van der Waals surface area contributed by atoms with Crippen molar-refractivity contribution in [3.8, 4) is 0 Å². The molecule has 1 aromatic heterocycles. The Balaban J connectivity index is 0.000000297. The summed E-state index contributed by atoms with van der Waals surface area (Å²) in [6, 6.07) is 4.31. The minimum Gasteiger partial charge on any atom is -0.393 e. The summed E-state index contributed by atoms with van der Waals surface area (Å²) in [5.74, 6) is 2.36. The molecule has 2 N–H and O–H groups in total. The van der Waals surface area contributed by atoms with Crippen molar-refractivity contribution in [3.63, 3.8) is 0 Å². The normalized spacial score (nSPS) is 37.3. The van der Waals surface area contributed by atoms with Gasteiger partial charge in [-0.3, -0.25) is 9.54 Å². The molecular formula is C25H32F3NO4S. The number of nitrogens with zero attached hydrogens (tertiary/aromatic N) is 1. The zero-order valence-electron chi connectivity index (χ0n) is 19.4. The lowest BCUT2D eigenvalue weighted by Crippen LogP contribution is -2.49. The molecule has 2 saturated carbocycles. The summed E-state index contributed by atoms with van der Waals surface area (Å²) in [5.41, 5.74) is -0.448. The molecule has 4 aliphatic rings. The molecule has 0 radical (unpaired) electrons. The van der Waals surface area contributed by atoms with Crippen molar-refractivity contribution in [1.29, 1.82) is 0 Å². The molecule has 0 spiro atoms. The standard InChI is InChI=1S/C24H31NO.CHF3O3S/c1-23-11-9-18(26)14-17(23)5-6-19-21-8-7-20(16-4-3-13-25-15-16)24(21,2)12-10-22(19)23;2-1(3,4)8(5,6)7/h3-5,7,13,15,18-19,21-22,26H,6,8-12,14H2,1-2H3;(H,5,6,7)/t18-,19-,21-,22-,23-,24+;/m0./s1. The first-order valence-electron chi connectivity index (χ1n) is 11.8. The van der Waals surface area contributed by atoms with Crippen LogP contribution in [0.15, 0.2) is 42.3 Å². The van der Waals surface area contributed by atoms with Crippen LogP contribution in [0.25, 0.3) is 5.57 Å². The second-order valence-electron chi connectivity index (χ2n) is 10.6. The molecule has 4 aliphatic carbocycles. The van der Waals surface area contributed by atoms with Crippen molar-refractivity contribution in [1.82, 2.24) is 4.98 Å². The van der Waals surface area contributed by atoms with Crippen LogP contribution in [0.4, 0.5) is 13.2 Å². The quantitative estimate of drug-likeness (QED) is 0.290. The van der Waals surface area contributed by atoms with E-state index < -0.39 is 15.6 Å². The topological polar surface area (TPSA) is 87.5 Å². The number of hydrogen-bond donors (Lipinski definition) is 2. The van der Waals surface area contributed by atoms with Crippen LogP contribution in [-0.2, 0) is 10.1 Å². The summed E-state index contributed by atoms with van der Waals surface area (Å²) in [6.07, 6.45) is 17.0. The van der Waals surface area contributed by atoms with Crippen molar-refractivity contribution < 1.29 is 31.2 Å². The maximum atomic E-state index is 10.7. The van der Waals surface area contributed by atoms with Crippen molar-refractivity contribution in [3.05, 3.63) is 47.8 Å². The van der Waals surface area contributed by atoms with E-state index in [-0.39, 0.29) is 6.10 Å². The molecule has 34 heavy (non-hydrogen) atoms. The van der Waals surface area contributed by atoms with Crippen LogP contribution in [0.5, 0.6) is 0 Å². The van der Waals surface area contributed by atoms with Crippen LogP contribution in [0.2, 0.25) is 0 Å². The third kappa shape index (κ3) is 4.35. The van der Waals surface area contributed by atoms with Crippen molar-refractivity contribution in [2.24, 2.45) is 28.6 Å². The Morgan fingerprint density at radius 2 is 1.74 bits per heavy atom. The minimum atomic E-state index is -5.84. The fourth-order valence-corrected chi connectivity index (χ4v) is 7.18. The molecular weight excluding hydrogens is 467 g/mol. The van der Waals surface area contributed by atoms with Gasteiger partial charge in [0, 0.05) is 12.4 Å². The Labute approximate surface area is 198 Å². The Hall–Kier alpha value is -1.71. The predicted molar refractivity (Wildman–Crippen MR) is 123 cm³/mol. The molecule has 1 heterocycles.